The Bertz CT molecular complexity index is 627. The SMILES string of the molecule is O=C(OCc1cnc(Cl)s1)c1cccc(C(F)(F)F)c1. The molecular formula is C12H7ClF3NO2S. The summed E-state index contributed by atoms with van der Waals surface area (Å²) in [6.45, 7) is -0.0839. The number of carbonyl (C=O) groups is 1. The highest BCUT2D eigenvalue weighted by atomic mass is 35.5. The Labute approximate surface area is 121 Å². The van der Waals surface area contributed by atoms with Gasteiger partial charge in [-0.05, 0) is 18.2 Å². The third kappa shape index (κ3) is 3.71. The third-order valence-corrected chi connectivity index (χ3v) is 3.38. The summed E-state index contributed by atoms with van der Waals surface area (Å²) < 4.78 is 42.7. The number of hydrogen-bond acceptors (Lipinski definition) is 4. The van der Waals surface area contributed by atoms with Crippen LogP contribution in [0, 0.1) is 0 Å². The van der Waals surface area contributed by atoms with Crippen LogP contribution < -0.4 is 0 Å². The lowest BCUT2D eigenvalue weighted by Gasteiger charge is -2.08. The average molecular weight is 322 g/mol. The fraction of sp³-hybridized carbons (Fsp3) is 0.167. The van der Waals surface area contributed by atoms with E-state index >= 15 is 0 Å². The van der Waals surface area contributed by atoms with Crippen molar-refractivity contribution in [2.24, 2.45) is 0 Å². The first-order chi connectivity index (χ1) is 9.36. The Kier molecular flexibility index (Phi) is 4.29. The Balaban J connectivity index is 2.06. The van der Waals surface area contributed by atoms with Crippen molar-refractivity contribution in [3.63, 3.8) is 0 Å². The molecule has 1 aromatic heterocycles. The molecule has 0 aliphatic carbocycles. The van der Waals surface area contributed by atoms with Crippen LogP contribution in [0.4, 0.5) is 13.2 Å². The van der Waals surface area contributed by atoms with Gasteiger partial charge in [-0.25, -0.2) is 9.78 Å². The summed E-state index contributed by atoms with van der Waals surface area (Å²) in [4.78, 5) is 16.0. The summed E-state index contributed by atoms with van der Waals surface area (Å²) >= 11 is 6.74. The summed E-state index contributed by atoms with van der Waals surface area (Å²) in [6.07, 6.45) is -3.06. The molecule has 106 valence electrons. The van der Waals surface area contributed by atoms with Gasteiger partial charge in [0.15, 0.2) is 4.47 Å². The third-order valence-electron chi connectivity index (χ3n) is 2.30. The van der Waals surface area contributed by atoms with Crippen LogP contribution in [0.5, 0.6) is 0 Å². The van der Waals surface area contributed by atoms with E-state index in [0.29, 0.717) is 9.34 Å². The zero-order chi connectivity index (χ0) is 14.8. The molecule has 1 aromatic carbocycles. The van der Waals surface area contributed by atoms with Crippen molar-refractivity contribution < 1.29 is 22.7 Å². The van der Waals surface area contributed by atoms with Crippen LogP contribution in [0.1, 0.15) is 20.8 Å². The zero-order valence-corrected chi connectivity index (χ0v) is 11.4. The van der Waals surface area contributed by atoms with Crippen molar-refractivity contribution in [1.29, 1.82) is 0 Å². The topological polar surface area (TPSA) is 39.2 Å². The second-order valence-corrected chi connectivity index (χ2v) is 5.43. The van der Waals surface area contributed by atoms with Gasteiger partial charge >= 0.3 is 12.1 Å². The fourth-order valence-electron chi connectivity index (χ4n) is 1.39. The molecule has 2 aromatic rings. The number of ether oxygens (including phenoxy) is 1. The monoisotopic (exact) mass is 321 g/mol. The van der Waals surface area contributed by atoms with E-state index in [-0.39, 0.29) is 12.2 Å². The van der Waals surface area contributed by atoms with E-state index in [1.54, 1.807) is 0 Å². The summed E-state index contributed by atoms with van der Waals surface area (Å²) in [5.41, 5.74) is -1.05. The molecular weight excluding hydrogens is 315 g/mol. The molecule has 0 saturated carbocycles. The summed E-state index contributed by atoms with van der Waals surface area (Å²) in [5.74, 6) is -0.833. The van der Waals surface area contributed by atoms with Crippen molar-refractivity contribution >= 4 is 28.9 Å². The number of benzene rings is 1. The summed E-state index contributed by atoms with van der Waals surface area (Å²) in [6, 6.07) is 4.06. The van der Waals surface area contributed by atoms with E-state index in [1.165, 1.54) is 12.3 Å². The number of rotatable bonds is 3. The standard InChI is InChI=1S/C12H7ClF3NO2S/c13-11-17-5-9(20-11)6-19-10(18)7-2-1-3-8(4-7)12(14,15)16/h1-5H,6H2. The molecule has 8 heteroatoms. The highest BCUT2D eigenvalue weighted by Crippen LogP contribution is 2.29. The van der Waals surface area contributed by atoms with Crippen LogP contribution >= 0.6 is 22.9 Å². The van der Waals surface area contributed by atoms with Crippen molar-refractivity contribution in [2.75, 3.05) is 0 Å². The molecule has 0 amide bonds. The second kappa shape index (κ2) is 5.80. The van der Waals surface area contributed by atoms with Gasteiger partial charge in [0.1, 0.15) is 6.61 Å². The lowest BCUT2D eigenvalue weighted by molar-refractivity contribution is -0.137. The Morgan fingerprint density at radius 1 is 1.40 bits per heavy atom. The number of hydrogen-bond donors (Lipinski definition) is 0. The molecule has 0 bridgehead atoms. The number of nitrogens with zero attached hydrogens (tertiary/aromatic N) is 1. The van der Waals surface area contributed by atoms with Crippen molar-refractivity contribution in [1.82, 2.24) is 4.98 Å². The number of carbonyl (C=O) groups excluding carboxylic acids is 1. The summed E-state index contributed by atoms with van der Waals surface area (Å²) in [5, 5.41) is 0. The molecule has 0 aliphatic rings. The van der Waals surface area contributed by atoms with Gasteiger partial charge in [-0.15, -0.1) is 11.3 Å². The molecule has 0 fully saturated rings. The van der Waals surface area contributed by atoms with Crippen LogP contribution in [-0.2, 0) is 17.5 Å². The van der Waals surface area contributed by atoms with E-state index in [9.17, 15) is 18.0 Å². The maximum absolute atomic E-state index is 12.5. The molecule has 20 heavy (non-hydrogen) atoms. The lowest BCUT2D eigenvalue weighted by Crippen LogP contribution is -2.09. The van der Waals surface area contributed by atoms with Gasteiger partial charge in [0.2, 0.25) is 0 Å². The number of thiazole rings is 1. The number of alkyl halides is 3. The molecule has 0 spiro atoms. The van der Waals surface area contributed by atoms with Crippen molar-refractivity contribution in [3.8, 4) is 0 Å². The smallest absolute Gasteiger partial charge is 0.416 e. The minimum absolute atomic E-state index is 0.0839. The number of halogens is 4. The highest BCUT2D eigenvalue weighted by Gasteiger charge is 2.31. The molecule has 0 N–H and O–H groups in total. The Morgan fingerprint density at radius 2 is 2.15 bits per heavy atom. The number of aromatic nitrogens is 1. The van der Waals surface area contributed by atoms with Gasteiger partial charge in [0, 0.05) is 6.20 Å². The molecule has 1 heterocycles. The molecule has 0 saturated heterocycles. The lowest BCUT2D eigenvalue weighted by atomic mass is 10.1. The van der Waals surface area contributed by atoms with Gasteiger partial charge in [0.25, 0.3) is 0 Å². The van der Waals surface area contributed by atoms with Crippen molar-refractivity contribution in [3.05, 3.63) is 50.9 Å². The van der Waals surface area contributed by atoms with Crippen LogP contribution in [-0.4, -0.2) is 11.0 Å². The van der Waals surface area contributed by atoms with Gasteiger partial charge in [-0.3, -0.25) is 0 Å². The number of esters is 1. The predicted octanol–water partition coefficient (Wildman–Crippen LogP) is 4.17. The average Bonchev–Trinajstić information content (AvgIpc) is 2.81. The van der Waals surface area contributed by atoms with Gasteiger partial charge in [0.05, 0.1) is 16.0 Å². The molecule has 2 rings (SSSR count). The van der Waals surface area contributed by atoms with E-state index in [2.05, 4.69) is 4.98 Å². The van der Waals surface area contributed by atoms with E-state index in [1.807, 2.05) is 0 Å². The second-order valence-electron chi connectivity index (χ2n) is 3.73. The van der Waals surface area contributed by atoms with Crippen LogP contribution in [0.2, 0.25) is 4.47 Å². The molecule has 0 radical (unpaired) electrons. The maximum atomic E-state index is 12.5. The Morgan fingerprint density at radius 3 is 2.75 bits per heavy atom. The quantitative estimate of drug-likeness (QED) is 0.796. The predicted molar refractivity (Wildman–Crippen MR) is 67.7 cm³/mol. The van der Waals surface area contributed by atoms with E-state index in [4.69, 9.17) is 16.3 Å². The van der Waals surface area contributed by atoms with Gasteiger partial charge < -0.3 is 4.74 Å². The molecule has 0 unspecified atom stereocenters. The first-order valence-corrected chi connectivity index (χ1v) is 6.50. The maximum Gasteiger partial charge on any atom is 0.416 e. The zero-order valence-electron chi connectivity index (χ0n) is 9.78. The first kappa shape index (κ1) is 14.8. The van der Waals surface area contributed by atoms with E-state index < -0.39 is 17.7 Å². The van der Waals surface area contributed by atoms with Crippen LogP contribution in [0.15, 0.2) is 30.5 Å². The first-order valence-electron chi connectivity index (χ1n) is 5.31. The fourth-order valence-corrected chi connectivity index (χ4v) is 2.28. The van der Waals surface area contributed by atoms with Gasteiger partial charge in [-0.2, -0.15) is 13.2 Å². The minimum Gasteiger partial charge on any atom is -0.456 e. The largest absolute Gasteiger partial charge is 0.456 e. The normalized spacial score (nSPS) is 11.4. The van der Waals surface area contributed by atoms with Crippen LogP contribution in [0.25, 0.3) is 0 Å². The minimum atomic E-state index is -4.50. The van der Waals surface area contributed by atoms with E-state index in [0.717, 1.165) is 29.5 Å². The van der Waals surface area contributed by atoms with Crippen molar-refractivity contribution in [2.45, 2.75) is 12.8 Å². The molecule has 0 aliphatic heterocycles. The van der Waals surface area contributed by atoms with Gasteiger partial charge in [-0.1, -0.05) is 17.7 Å². The molecule has 3 nitrogen and oxygen atoms in total. The molecule has 0 atom stereocenters. The van der Waals surface area contributed by atoms with Crippen LogP contribution in [0.3, 0.4) is 0 Å². The summed E-state index contributed by atoms with van der Waals surface area (Å²) in [7, 11) is 0. The highest BCUT2D eigenvalue weighted by molar-refractivity contribution is 7.15. The Hall–Kier alpha value is -1.60.